The summed E-state index contributed by atoms with van der Waals surface area (Å²) in [5, 5.41) is 8.27. The van der Waals surface area contributed by atoms with Gasteiger partial charge in [0.15, 0.2) is 11.5 Å². The van der Waals surface area contributed by atoms with Gasteiger partial charge in [0.05, 0.1) is 0 Å². The first-order chi connectivity index (χ1) is 19.7. The van der Waals surface area contributed by atoms with Gasteiger partial charge >= 0.3 is 0 Å². The number of likely N-dealkylation sites (tertiary alicyclic amines) is 1. The van der Waals surface area contributed by atoms with Crippen molar-refractivity contribution < 1.29 is 4.79 Å². The Bertz CT molecular complexity index is 1680. The summed E-state index contributed by atoms with van der Waals surface area (Å²) in [7, 11) is 0. The van der Waals surface area contributed by atoms with Crippen LogP contribution in [0.5, 0.6) is 0 Å². The van der Waals surface area contributed by atoms with Gasteiger partial charge in [-0.15, -0.1) is 0 Å². The zero-order chi connectivity index (χ0) is 27.1. The van der Waals surface area contributed by atoms with Crippen LogP contribution in [0, 0.1) is 0 Å². The SMILES string of the molecule is C=CC(=O)N1CCC(N[C@H]2CCc3cc(-n4c(-c5ccccc5)nc5ccc(-n6cccn6)nc54)ccc32)CC1. The first-order valence-corrected chi connectivity index (χ1v) is 13.9. The van der Waals surface area contributed by atoms with Crippen LogP contribution >= 0.6 is 0 Å². The smallest absolute Gasteiger partial charge is 0.245 e. The van der Waals surface area contributed by atoms with Gasteiger partial charge in [0, 0.05) is 48.8 Å². The molecule has 7 rings (SSSR count). The molecular weight excluding hydrogens is 498 g/mol. The van der Waals surface area contributed by atoms with Gasteiger partial charge < -0.3 is 10.2 Å². The summed E-state index contributed by atoms with van der Waals surface area (Å²) in [5.41, 5.74) is 6.48. The first kappa shape index (κ1) is 24.5. The Morgan fingerprint density at radius 1 is 0.975 bits per heavy atom. The molecule has 5 aromatic rings. The Balaban J connectivity index is 1.22. The average molecular weight is 530 g/mol. The molecule has 2 aliphatic rings. The summed E-state index contributed by atoms with van der Waals surface area (Å²) < 4.78 is 3.95. The predicted molar refractivity (Wildman–Crippen MR) is 155 cm³/mol. The molecule has 1 fully saturated rings. The fraction of sp³-hybridized carbons (Fsp3) is 0.250. The first-order valence-electron chi connectivity index (χ1n) is 13.9. The third kappa shape index (κ3) is 4.40. The fourth-order valence-corrected chi connectivity index (χ4v) is 6.10. The summed E-state index contributed by atoms with van der Waals surface area (Å²) >= 11 is 0. The number of hydrogen-bond donors (Lipinski definition) is 1. The molecule has 1 saturated heterocycles. The lowest BCUT2D eigenvalue weighted by molar-refractivity contribution is -0.127. The molecule has 0 spiro atoms. The summed E-state index contributed by atoms with van der Waals surface area (Å²) in [4.78, 5) is 23.9. The second kappa shape index (κ2) is 10.2. The highest BCUT2D eigenvalue weighted by Crippen LogP contribution is 2.36. The third-order valence-electron chi connectivity index (χ3n) is 8.14. The van der Waals surface area contributed by atoms with E-state index in [1.165, 1.54) is 17.2 Å². The van der Waals surface area contributed by atoms with E-state index < -0.39 is 0 Å². The van der Waals surface area contributed by atoms with Crippen molar-refractivity contribution in [3.8, 4) is 22.9 Å². The summed E-state index contributed by atoms with van der Waals surface area (Å²) in [5.74, 6) is 1.66. The molecular formula is C32H31N7O. The van der Waals surface area contributed by atoms with Gasteiger partial charge in [0.2, 0.25) is 5.91 Å². The zero-order valence-corrected chi connectivity index (χ0v) is 22.3. The normalized spacial score (nSPS) is 17.3. The number of imidazole rings is 1. The van der Waals surface area contributed by atoms with Crippen molar-refractivity contribution in [2.24, 2.45) is 0 Å². The van der Waals surface area contributed by atoms with E-state index in [2.05, 4.69) is 51.9 Å². The number of aryl methyl sites for hydroxylation is 1. The molecule has 0 radical (unpaired) electrons. The maximum absolute atomic E-state index is 12.0. The molecule has 1 N–H and O–H groups in total. The van der Waals surface area contributed by atoms with Crippen LogP contribution < -0.4 is 5.32 Å². The summed E-state index contributed by atoms with van der Waals surface area (Å²) in [6, 6.07) is 23.7. The molecule has 2 aromatic carbocycles. The van der Waals surface area contributed by atoms with E-state index in [1.807, 2.05) is 47.5 Å². The number of nitrogens with zero attached hydrogens (tertiary/aromatic N) is 6. The largest absolute Gasteiger partial charge is 0.339 e. The molecule has 8 heteroatoms. The standard InChI is InChI=1S/C32H31N7O/c1-2-30(40)37-19-15-24(16-20-37)34-27-12-9-23-21-25(10-11-26(23)27)39-31(22-7-4-3-5-8-22)35-28-13-14-29(36-32(28)39)38-18-6-17-33-38/h2-8,10-11,13-14,17-18,21,24,27,34H,1,9,12,15-16,19-20H2/t27-/m0/s1. The molecule has 8 nitrogen and oxygen atoms in total. The minimum Gasteiger partial charge on any atom is -0.339 e. The van der Waals surface area contributed by atoms with E-state index in [-0.39, 0.29) is 5.91 Å². The fourth-order valence-electron chi connectivity index (χ4n) is 6.10. The molecule has 0 unspecified atom stereocenters. The second-order valence-electron chi connectivity index (χ2n) is 10.5. The molecule has 4 heterocycles. The number of rotatable bonds is 6. The Hall–Kier alpha value is -4.56. The van der Waals surface area contributed by atoms with E-state index in [9.17, 15) is 4.79 Å². The monoisotopic (exact) mass is 529 g/mol. The predicted octanol–water partition coefficient (Wildman–Crippen LogP) is 5.03. The van der Waals surface area contributed by atoms with E-state index in [0.29, 0.717) is 12.1 Å². The maximum atomic E-state index is 12.0. The lowest BCUT2D eigenvalue weighted by Crippen LogP contribution is -2.45. The quantitative estimate of drug-likeness (QED) is 0.312. The van der Waals surface area contributed by atoms with Crippen molar-refractivity contribution in [3.05, 3.63) is 103 Å². The highest BCUT2D eigenvalue weighted by Gasteiger charge is 2.28. The molecule has 200 valence electrons. The number of amides is 1. The van der Waals surface area contributed by atoms with Gasteiger partial charge in [0.25, 0.3) is 0 Å². The van der Waals surface area contributed by atoms with Crippen molar-refractivity contribution in [1.29, 1.82) is 0 Å². The zero-order valence-electron chi connectivity index (χ0n) is 22.3. The lowest BCUT2D eigenvalue weighted by atomic mass is 10.0. The van der Waals surface area contributed by atoms with Crippen LogP contribution in [-0.2, 0) is 11.2 Å². The summed E-state index contributed by atoms with van der Waals surface area (Å²) in [6.07, 6.45) is 9.10. The number of aromatic nitrogens is 5. The molecule has 0 saturated carbocycles. The van der Waals surface area contributed by atoms with Crippen molar-refractivity contribution in [3.63, 3.8) is 0 Å². The molecule has 3 aromatic heterocycles. The van der Waals surface area contributed by atoms with Gasteiger partial charge in [-0.3, -0.25) is 9.36 Å². The number of hydrogen-bond acceptors (Lipinski definition) is 5. The number of nitrogens with one attached hydrogen (secondary N) is 1. The van der Waals surface area contributed by atoms with E-state index >= 15 is 0 Å². The minimum absolute atomic E-state index is 0.0327. The molecule has 1 aliphatic carbocycles. The lowest BCUT2D eigenvalue weighted by Gasteiger charge is -2.33. The Morgan fingerprint density at radius 3 is 2.60 bits per heavy atom. The van der Waals surface area contributed by atoms with Crippen molar-refractivity contribution in [2.45, 2.75) is 37.8 Å². The van der Waals surface area contributed by atoms with Crippen LogP contribution in [0.3, 0.4) is 0 Å². The molecule has 1 atom stereocenters. The second-order valence-corrected chi connectivity index (χ2v) is 10.5. The van der Waals surface area contributed by atoms with Crippen LogP contribution in [0.25, 0.3) is 34.1 Å². The number of fused-ring (bicyclic) bond motifs is 2. The molecule has 40 heavy (non-hydrogen) atoms. The van der Waals surface area contributed by atoms with Gasteiger partial charge in [-0.05, 0) is 73.2 Å². The molecule has 1 amide bonds. The van der Waals surface area contributed by atoms with Gasteiger partial charge in [-0.2, -0.15) is 5.10 Å². The maximum Gasteiger partial charge on any atom is 0.245 e. The number of carbonyl (C=O) groups excluding carboxylic acids is 1. The number of piperidine rings is 1. The van der Waals surface area contributed by atoms with Crippen LogP contribution in [0.2, 0.25) is 0 Å². The Kier molecular flexibility index (Phi) is 6.24. The van der Waals surface area contributed by atoms with E-state index in [1.54, 1.807) is 10.9 Å². The van der Waals surface area contributed by atoms with Crippen molar-refractivity contribution in [1.82, 2.24) is 34.5 Å². The molecule has 1 aliphatic heterocycles. The van der Waals surface area contributed by atoms with Crippen LogP contribution in [0.4, 0.5) is 0 Å². The Labute approximate surface area is 233 Å². The van der Waals surface area contributed by atoms with Crippen LogP contribution in [0.15, 0.2) is 91.8 Å². The van der Waals surface area contributed by atoms with Gasteiger partial charge in [-0.1, -0.05) is 43.0 Å². The summed E-state index contributed by atoms with van der Waals surface area (Å²) in [6.45, 7) is 5.19. The van der Waals surface area contributed by atoms with Crippen LogP contribution in [-0.4, -0.2) is 54.3 Å². The van der Waals surface area contributed by atoms with Crippen LogP contribution in [0.1, 0.15) is 36.4 Å². The van der Waals surface area contributed by atoms with Gasteiger partial charge in [0.1, 0.15) is 11.3 Å². The number of pyridine rings is 1. The minimum atomic E-state index is 0.0327. The topological polar surface area (TPSA) is 80.9 Å². The molecule has 0 bridgehead atoms. The third-order valence-corrected chi connectivity index (χ3v) is 8.14. The van der Waals surface area contributed by atoms with Crippen molar-refractivity contribution in [2.75, 3.05) is 13.1 Å². The van der Waals surface area contributed by atoms with E-state index in [4.69, 9.17) is 9.97 Å². The highest BCUT2D eigenvalue weighted by atomic mass is 16.2. The van der Waals surface area contributed by atoms with Gasteiger partial charge in [-0.25, -0.2) is 14.6 Å². The average Bonchev–Trinajstić information content (AvgIpc) is 3.76. The van der Waals surface area contributed by atoms with Crippen molar-refractivity contribution >= 4 is 17.1 Å². The highest BCUT2D eigenvalue weighted by molar-refractivity contribution is 5.87. The number of benzene rings is 2. The Morgan fingerprint density at radius 2 is 1.82 bits per heavy atom. The van der Waals surface area contributed by atoms with E-state index in [0.717, 1.165) is 72.8 Å². The number of carbonyl (C=O) groups is 1.